The summed E-state index contributed by atoms with van der Waals surface area (Å²) in [6.45, 7) is 36.8. The van der Waals surface area contributed by atoms with E-state index >= 15 is 0 Å². The number of likely N-dealkylation sites (tertiary alicyclic amines) is 2. The Morgan fingerprint density at radius 1 is 0.390 bits per heavy atom. The quantitative estimate of drug-likeness (QED) is 0.0213. The van der Waals surface area contributed by atoms with E-state index in [1.54, 1.807) is 78.8 Å². The summed E-state index contributed by atoms with van der Waals surface area (Å²) < 4.78 is 0. The van der Waals surface area contributed by atoms with Crippen LogP contribution in [0.1, 0.15) is 263 Å². The van der Waals surface area contributed by atoms with Crippen LogP contribution in [0.3, 0.4) is 0 Å². The first-order chi connectivity index (χ1) is 64.6. The van der Waals surface area contributed by atoms with Crippen LogP contribution >= 0.6 is 0 Å². The van der Waals surface area contributed by atoms with Crippen molar-refractivity contribution in [2.75, 3.05) is 26.2 Å². The van der Waals surface area contributed by atoms with Gasteiger partial charge < -0.3 is 122 Å². The molecule has 11 atom stereocenters. The Morgan fingerprint density at radius 3 is 1.23 bits per heavy atom. The van der Waals surface area contributed by atoms with Crippen LogP contribution in [0.25, 0.3) is 0 Å². The van der Waals surface area contributed by atoms with Crippen molar-refractivity contribution < 1.29 is 122 Å². The maximum atomic E-state index is 14.7. The van der Waals surface area contributed by atoms with Gasteiger partial charge in [0.2, 0.25) is 100 Å². The van der Waals surface area contributed by atoms with Gasteiger partial charge in [0.15, 0.2) is 23.6 Å². The number of carbonyl (C=O) groups excluding carboxylic acids is 2. The second-order valence-electron chi connectivity index (χ2n) is 40.4. The van der Waals surface area contributed by atoms with Crippen LogP contribution in [0.4, 0.5) is 0 Å². The number of rotatable bonds is 54. The lowest BCUT2D eigenvalue weighted by molar-refractivity contribution is -0.136. The summed E-state index contributed by atoms with van der Waals surface area (Å²) in [7, 11) is 0. The van der Waals surface area contributed by atoms with Gasteiger partial charge in [0, 0.05) is 39.3 Å². The fourth-order valence-electron chi connectivity index (χ4n) is 14.2. The highest BCUT2D eigenvalue weighted by Crippen LogP contribution is 2.32. The summed E-state index contributed by atoms with van der Waals surface area (Å²) in [5, 5.41) is 268. The molecule has 0 unspecified atom stereocenters. The summed E-state index contributed by atoms with van der Waals surface area (Å²) in [4.78, 5) is 107. The topological polar surface area (TPSA) is 780 Å². The van der Waals surface area contributed by atoms with Crippen molar-refractivity contribution >= 4 is 136 Å². The minimum absolute atomic E-state index is 0.0455. The molecular weight excluding hydrogens is 1840 g/mol. The van der Waals surface area contributed by atoms with E-state index in [1.165, 1.54) is 141 Å². The van der Waals surface area contributed by atoms with Gasteiger partial charge in [-0.1, -0.05) is 78.8 Å². The number of hydrogen-bond donors (Lipinski definition) is 25. The third-order valence-corrected chi connectivity index (χ3v) is 22.9. The predicted octanol–water partition coefficient (Wildman–Crippen LogP) is 14.1. The summed E-state index contributed by atoms with van der Waals surface area (Å²) in [5.74, 6) is -17.9. The minimum atomic E-state index is -1.89. The van der Waals surface area contributed by atoms with Crippen molar-refractivity contribution in [2.45, 2.75) is 374 Å². The highest BCUT2D eigenvalue weighted by molar-refractivity contribution is 6.01. The molecular formula is C94H155N23O24. The lowest BCUT2D eigenvalue weighted by atomic mass is 9.97. The molecule has 3 rings (SSSR count). The second-order valence-corrected chi connectivity index (χ2v) is 40.4. The van der Waals surface area contributed by atoms with Crippen LogP contribution in [0, 0.1) is 34.0 Å². The number of aliphatic imine (C=N–C) groups is 18. The van der Waals surface area contributed by atoms with Gasteiger partial charge in [-0.05, 0) is 212 Å². The third kappa shape index (κ3) is 37.2. The number of benzene rings is 1. The van der Waals surface area contributed by atoms with Gasteiger partial charge >= 0.3 is 0 Å². The molecule has 47 heteroatoms. The fraction of sp³-hybridized carbons (Fsp3) is 0.691. The standard InChI is InChI=1S/C94H155N23O24/c1-27-94(26,83(139)104-57(38-41-63(96)121)70(126)102-56(37-40-62(95)120)69(125)100-55(48-118)46-54-33-29-28-30-34-54)115-82(138)91(20,21)113-75(131)66(50(4)5)105-73(129)60-35-31-43-116(60)85(141)93(24,25)110-72(128)59(45-49(2)3)101-65(123)47-98-77(133)86(10,11)112-76(132)67(51(6)7)106-80(136)88(14,15)109-71(127)58(39-42-64(97)122)103-79(135)89(16,17)114-81(137)90(18,19)108-68(124)52(8)99-78(134)87(12,13)111-74(130)61-36-32-44-117(61)84(140)92(22,23)107-53(9)119/h28-30,33-34,49-52,55-61,66-67,118H,27,31-32,35-48H2,1-26H3,(H2,95,120)(H2,96,121)(H2,97,122)(H,98,133)(H,99,134)(H,100,125)(H,101,123)(H,102,126)(H,103,135)(H,104,139)(H,105,129)(H,106,136)(H,107,119)(H,108,124)(H,109,127)(H,110,128)(H,111,130)(H,112,132)(H,113,131)(H,114,137)(H,115,138)/t52-,55+,56-,57-,58+,59+,60+,61-,66-,67-,94-/m0/s1. The molecule has 2 aliphatic heterocycles. The first-order valence-electron chi connectivity index (χ1n) is 46.7. The Balaban J connectivity index is 1.94. The molecule has 0 aliphatic carbocycles. The molecule has 2 aliphatic rings. The van der Waals surface area contributed by atoms with E-state index in [1.807, 2.05) is 0 Å². The molecule has 1 aromatic rings. The zero-order valence-electron chi connectivity index (χ0n) is 86.0. The van der Waals surface area contributed by atoms with E-state index < -0.39 is 278 Å². The molecule has 0 spiro atoms. The smallest absolute Gasteiger partial charge is 0.250 e. The number of aliphatic hydroxyl groups excluding tert-OH is 22. The van der Waals surface area contributed by atoms with E-state index in [0.717, 1.165) is 5.56 Å². The van der Waals surface area contributed by atoms with Crippen LogP contribution in [-0.4, -0.2) is 394 Å². The first kappa shape index (κ1) is 122. The van der Waals surface area contributed by atoms with Gasteiger partial charge in [0.25, 0.3) is 11.8 Å². The highest BCUT2D eigenvalue weighted by Gasteiger charge is 2.46. The summed E-state index contributed by atoms with van der Waals surface area (Å²) in [6, 6.07) is -3.86. The molecule has 0 saturated carbocycles. The zero-order valence-corrected chi connectivity index (χ0v) is 86.0. The van der Waals surface area contributed by atoms with E-state index in [4.69, 9.17) is 16.2 Å². The Labute approximate surface area is 823 Å². The predicted molar refractivity (Wildman–Crippen MR) is 554 cm³/mol. The van der Waals surface area contributed by atoms with Crippen molar-refractivity contribution in [1.29, 1.82) is 16.2 Å². The lowest BCUT2D eigenvalue weighted by Crippen LogP contribution is -2.50. The summed E-state index contributed by atoms with van der Waals surface area (Å²) in [5.41, 5.74) is -15.0. The number of amides is 2. The molecule has 0 radical (unpaired) electrons. The zero-order chi connectivity index (χ0) is 108. The average Bonchev–Trinajstić information content (AvgIpc) is 1.70. The average molecular weight is 1990 g/mol. The second kappa shape index (κ2) is 51.4. The fourth-order valence-corrected chi connectivity index (χ4v) is 14.2. The van der Waals surface area contributed by atoms with Crippen LogP contribution in [-0.2, 0) is 16.0 Å². The van der Waals surface area contributed by atoms with Crippen molar-refractivity contribution in [2.24, 2.45) is 108 Å². The summed E-state index contributed by atoms with van der Waals surface area (Å²) >= 11 is 0. The molecule has 0 aromatic heterocycles. The molecule has 790 valence electrons. The van der Waals surface area contributed by atoms with Gasteiger partial charge in [-0.15, -0.1) is 0 Å². The SMILES string of the molecule is CC[C@](C)(N=C(O)C(C)(C)N=C(O)[C@@H](N=C(O)[C@H]1CCCN1C(=O)C(C)(C)N=C(O)[C@@H](CC(C)C)N=C(O)CN=C(O)C(C)(C)N=C(O)[C@@H](N=C(O)C(C)(C)N=C(O)[C@@H](CCC(=N)O)N=C(O)C(C)(C)N=C(O)C(C)(C)N=C(O)[C@H](C)N=C(O)C(C)(C)N=C(O)[C@@H]1CCCN1C(=O)C(C)(C)N=C(C)O)C(C)C)C(C)C)C(O)=N[C@@H](CCC(=N)O)C(O)=N[C@@H](CCC(=N)O)C(O)=N[C@@H](CO)Cc1ccccc1. The molecule has 47 nitrogen and oxygen atoms in total. The third-order valence-electron chi connectivity index (χ3n) is 22.9. The van der Waals surface area contributed by atoms with E-state index in [9.17, 15) is 122 Å². The first-order valence-corrected chi connectivity index (χ1v) is 46.7. The maximum Gasteiger partial charge on any atom is 0.250 e. The Morgan fingerprint density at radius 2 is 0.766 bits per heavy atom. The van der Waals surface area contributed by atoms with E-state index in [2.05, 4.69) is 89.9 Å². The van der Waals surface area contributed by atoms with Gasteiger partial charge in [-0.2, -0.15) is 0 Å². The van der Waals surface area contributed by atoms with Crippen LogP contribution < -0.4 is 0 Å². The normalized spacial score (nSPS) is 19.7. The van der Waals surface area contributed by atoms with Crippen molar-refractivity contribution in [3.8, 4) is 0 Å². The molecule has 2 fully saturated rings. The molecule has 25 N–H and O–H groups in total. The van der Waals surface area contributed by atoms with Gasteiger partial charge in [-0.25, -0.2) is 89.9 Å². The highest BCUT2D eigenvalue weighted by atomic mass is 16.3. The molecule has 141 heavy (non-hydrogen) atoms. The molecule has 1 aromatic carbocycles. The number of carbonyl (C=O) groups is 2. The van der Waals surface area contributed by atoms with E-state index in [0.29, 0.717) is 19.3 Å². The van der Waals surface area contributed by atoms with Crippen molar-refractivity contribution in [3.63, 3.8) is 0 Å². The lowest BCUT2D eigenvalue weighted by Gasteiger charge is -2.31. The number of aliphatic hydroxyl groups is 22. The molecule has 2 amide bonds. The Hall–Kier alpha value is -13.0. The van der Waals surface area contributed by atoms with Crippen molar-refractivity contribution in [1.82, 2.24) is 9.80 Å². The largest absolute Gasteiger partial charge is 0.497 e. The number of nitrogens with one attached hydrogen (secondary N) is 3. The minimum Gasteiger partial charge on any atom is -0.497 e. The summed E-state index contributed by atoms with van der Waals surface area (Å²) in [6.07, 6.45) is -0.672. The van der Waals surface area contributed by atoms with Crippen LogP contribution in [0.5, 0.6) is 0 Å². The maximum absolute atomic E-state index is 14.7. The van der Waals surface area contributed by atoms with Gasteiger partial charge in [0.05, 0.1) is 12.6 Å². The number of hydrogen-bond acceptors (Lipinski definition) is 24. The molecule has 2 saturated heterocycles. The van der Waals surface area contributed by atoms with E-state index in [-0.39, 0.29) is 76.3 Å². The molecule has 0 bridgehead atoms. The monoisotopic (exact) mass is 1990 g/mol. The molecule has 2 heterocycles. The van der Waals surface area contributed by atoms with Crippen molar-refractivity contribution in [3.05, 3.63) is 35.9 Å². The van der Waals surface area contributed by atoms with Crippen LogP contribution in [0.2, 0.25) is 0 Å². The Kier molecular flexibility index (Phi) is 44.5. The van der Waals surface area contributed by atoms with Gasteiger partial charge in [-0.3, -0.25) is 25.8 Å². The Bertz CT molecular complexity index is 5080. The number of nitrogens with zero attached hydrogens (tertiary/aromatic N) is 20. The van der Waals surface area contributed by atoms with Gasteiger partial charge in [0.1, 0.15) is 111 Å². The van der Waals surface area contributed by atoms with Crippen LogP contribution in [0.15, 0.2) is 120 Å².